The van der Waals surface area contributed by atoms with Crippen molar-refractivity contribution in [2.75, 3.05) is 0 Å². The first-order valence-corrected chi connectivity index (χ1v) is 11.3. The van der Waals surface area contributed by atoms with Gasteiger partial charge in [-0.1, -0.05) is 36.4 Å². The Hall–Kier alpha value is -3.69. The van der Waals surface area contributed by atoms with Crippen LogP contribution in [-0.2, 0) is 29.8 Å². The summed E-state index contributed by atoms with van der Waals surface area (Å²) in [5, 5.41) is 12.2. The average Bonchev–Trinajstić information content (AvgIpc) is 3.52. The third-order valence-corrected chi connectivity index (χ3v) is 6.54. The molecule has 36 heavy (non-hydrogen) atoms. The van der Waals surface area contributed by atoms with E-state index in [1.54, 1.807) is 29.0 Å². The molecule has 1 aliphatic rings. The van der Waals surface area contributed by atoms with E-state index in [2.05, 4.69) is 10.2 Å². The first-order chi connectivity index (χ1) is 17.2. The van der Waals surface area contributed by atoms with Crippen molar-refractivity contribution < 1.29 is 32.5 Å². The molecule has 4 aromatic rings. The number of rotatable bonds is 7. The molecule has 1 heterocycles. The van der Waals surface area contributed by atoms with Crippen LogP contribution in [-0.4, -0.2) is 15.7 Å². The number of amides is 1. The summed E-state index contributed by atoms with van der Waals surface area (Å²) in [4.78, 5) is 17.6. The van der Waals surface area contributed by atoms with E-state index in [-0.39, 0.29) is 18.7 Å². The molecule has 1 amide bonds. The summed E-state index contributed by atoms with van der Waals surface area (Å²) in [6.07, 6.45) is -1.29. The Labute approximate surface area is 203 Å². The zero-order chi connectivity index (χ0) is 25.5. The summed E-state index contributed by atoms with van der Waals surface area (Å²) in [7, 11) is 0. The fourth-order valence-corrected chi connectivity index (χ4v) is 4.50. The number of benzene rings is 3. The van der Waals surface area contributed by atoms with E-state index in [4.69, 9.17) is 5.26 Å². The van der Waals surface area contributed by atoms with Gasteiger partial charge in [0.15, 0.2) is 0 Å². The van der Waals surface area contributed by atoms with Crippen LogP contribution in [0.15, 0.2) is 72.9 Å². The monoisotopic (exact) mass is 498 g/mol. The van der Waals surface area contributed by atoms with E-state index >= 15 is 0 Å². The van der Waals surface area contributed by atoms with Gasteiger partial charge in [-0.2, -0.15) is 13.2 Å². The number of hydrogen-bond donors (Lipinski definition) is 2. The molecule has 9 heteroatoms. The van der Waals surface area contributed by atoms with Crippen LogP contribution < -0.4 is 5.32 Å². The van der Waals surface area contributed by atoms with Crippen molar-refractivity contribution >= 4 is 16.8 Å². The number of carbonyl (C=O) groups excluding carboxylic acids is 1. The van der Waals surface area contributed by atoms with Gasteiger partial charge in [0.25, 0.3) is 5.91 Å². The summed E-state index contributed by atoms with van der Waals surface area (Å²) in [6, 6.07) is 16.3. The maximum Gasteiger partial charge on any atom is 0.416 e. The van der Waals surface area contributed by atoms with Crippen LogP contribution >= 0.6 is 0 Å². The smallest absolute Gasteiger partial charge is 0.342 e. The molecule has 0 unspecified atom stereocenters. The lowest BCUT2D eigenvalue weighted by molar-refractivity contribution is -0.253. The van der Waals surface area contributed by atoms with E-state index in [9.17, 15) is 22.4 Å². The van der Waals surface area contributed by atoms with E-state index in [1.807, 2.05) is 12.1 Å². The van der Waals surface area contributed by atoms with Crippen molar-refractivity contribution in [3.05, 3.63) is 107 Å². The van der Waals surface area contributed by atoms with Crippen LogP contribution in [0.25, 0.3) is 10.9 Å². The molecule has 1 saturated carbocycles. The first kappa shape index (κ1) is 24.0. The van der Waals surface area contributed by atoms with Crippen LogP contribution in [0.2, 0.25) is 0 Å². The van der Waals surface area contributed by atoms with Crippen LogP contribution in [0.3, 0.4) is 0 Å². The Balaban J connectivity index is 1.43. The van der Waals surface area contributed by atoms with Gasteiger partial charge in [-0.15, -0.1) is 0 Å². The minimum absolute atomic E-state index is 0.0524. The highest BCUT2D eigenvalue weighted by molar-refractivity contribution is 6.06. The fraction of sp³-hybridized carbons (Fsp3) is 0.222. The van der Waals surface area contributed by atoms with Gasteiger partial charge in [-0.25, -0.2) is 9.28 Å². The van der Waals surface area contributed by atoms with Crippen LogP contribution in [0, 0.1) is 5.82 Å². The van der Waals surface area contributed by atoms with Crippen LogP contribution in [0.5, 0.6) is 0 Å². The lowest BCUT2D eigenvalue weighted by Gasteiger charge is -2.19. The third-order valence-electron chi connectivity index (χ3n) is 6.54. The predicted molar refractivity (Wildman–Crippen MR) is 125 cm³/mol. The minimum atomic E-state index is -4.42. The molecule has 3 aromatic carbocycles. The zero-order valence-electron chi connectivity index (χ0n) is 19.0. The minimum Gasteiger partial charge on any atom is -0.342 e. The van der Waals surface area contributed by atoms with Gasteiger partial charge in [0.05, 0.1) is 22.2 Å². The summed E-state index contributed by atoms with van der Waals surface area (Å²) < 4.78 is 54.8. The lowest BCUT2D eigenvalue weighted by Crippen LogP contribution is -2.35. The normalized spacial score (nSPS) is 14.7. The standard InChI is InChI=1S/C27H22F4N2O3/c28-22-13-19-9-12-33(15-17-1-7-21(8-2-17)27(29,30)31)24(19)23(14-22)25(34)32-26(10-11-26)20-5-3-18(4-6-20)16-36-35/h1-9,12-14,35H,10-11,15-16H2,(H,32,34). The van der Waals surface area contributed by atoms with Crippen molar-refractivity contribution in [3.8, 4) is 0 Å². The quantitative estimate of drug-likeness (QED) is 0.180. The van der Waals surface area contributed by atoms with Crippen molar-refractivity contribution in [2.24, 2.45) is 0 Å². The number of carbonyl (C=O) groups is 1. The van der Waals surface area contributed by atoms with Crippen molar-refractivity contribution in [1.29, 1.82) is 0 Å². The largest absolute Gasteiger partial charge is 0.416 e. The summed E-state index contributed by atoms with van der Waals surface area (Å²) in [6.45, 7) is 0.268. The Kier molecular flexibility index (Phi) is 6.05. The van der Waals surface area contributed by atoms with Crippen molar-refractivity contribution in [3.63, 3.8) is 0 Å². The predicted octanol–water partition coefficient (Wildman–Crippen LogP) is 6.26. The van der Waals surface area contributed by atoms with Gasteiger partial charge >= 0.3 is 6.18 Å². The molecule has 0 spiro atoms. The molecule has 0 atom stereocenters. The molecule has 1 aliphatic carbocycles. The highest BCUT2D eigenvalue weighted by atomic mass is 19.4. The Morgan fingerprint density at radius 3 is 2.28 bits per heavy atom. The highest BCUT2D eigenvalue weighted by Gasteiger charge is 2.46. The summed E-state index contributed by atoms with van der Waals surface area (Å²) in [5.41, 5.74) is 1.62. The molecule has 0 bridgehead atoms. The van der Waals surface area contributed by atoms with E-state index in [0.717, 1.165) is 36.1 Å². The van der Waals surface area contributed by atoms with Crippen molar-refractivity contribution in [1.82, 2.24) is 9.88 Å². The Morgan fingerprint density at radius 1 is 1.00 bits per heavy atom. The van der Waals surface area contributed by atoms with Gasteiger partial charge in [0.1, 0.15) is 12.4 Å². The lowest BCUT2D eigenvalue weighted by atomic mass is 10.0. The van der Waals surface area contributed by atoms with Gasteiger partial charge < -0.3 is 9.88 Å². The second-order valence-corrected chi connectivity index (χ2v) is 9.04. The van der Waals surface area contributed by atoms with Crippen molar-refractivity contribution in [2.45, 2.75) is 37.7 Å². The van der Waals surface area contributed by atoms with Gasteiger partial charge in [0.2, 0.25) is 0 Å². The molecule has 0 radical (unpaired) electrons. The first-order valence-electron chi connectivity index (χ1n) is 11.3. The molecule has 5 rings (SSSR count). The number of halogens is 4. The van der Waals surface area contributed by atoms with E-state index in [0.29, 0.717) is 16.5 Å². The molecule has 5 nitrogen and oxygen atoms in total. The number of nitrogens with zero attached hydrogens (tertiary/aromatic N) is 1. The SMILES string of the molecule is O=C(NC1(c2ccc(COO)cc2)CC1)c1cc(F)cc2ccn(Cc3ccc(C(F)(F)F)cc3)c12. The second kappa shape index (κ2) is 9.07. The summed E-state index contributed by atoms with van der Waals surface area (Å²) in [5.74, 6) is -0.995. The van der Waals surface area contributed by atoms with Gasteiger partial charge in [-0.05, 0) is 59.9 Å². The fourth-order valence-electron chi connectivity index (χ4n) is 4.50. The molecule has 1 fully saturated rings. The van der Waals surface area contributed by atoms with E-state index < -0.39 is 29.0 Å². The molecule has 2 N–H and O–H groups in total. The number of fused-ring (bicyclic) bond motifs is 1. The van der Waals surface area contributed by atoms with E-state index in [1.165, 1.54) is 24.3 Å². The summed E-state index contributed by atoms with van der Waals surface area (Å²) >= 11 is 0. The third kappa shape index (κ3) is 4.72. The average molecular weight is 498 g/mol. The molecular formula is C27H22F4N2O3. The molecule has 1 aromatic heterocycles. The number of aromatic nitrogens is 1. The second-order valence-electron chi connectivity index (χ2n) is 9.04. The van der Waals surface area contributed by atoms with Crippen LogP contribution in [0.4, 0.5) is 17.6 Å². The van der Waals surface area contributed by atoms with Crippen LogP contribution in [0.1, 0.15) is 45.5 Å². The highest BCUT2D eigenvalue weighted by Crippen LogP contribution is 2.46. The molecule has 0 saturated heterocycles. The number of hydrogen-bond acceptors (Lipinski definition) is 3. The topological polar surface area (TPSA) is 63.5 Å². The maximum absolute atomic E-state index is 14.4. The Morgan fingerprint density at radius 2 is 1.67 bits per heavy atom. The molecule has 186 valence electrons. The number of nitrogens with one attached hydrogen (secondary N) is 1. The zero-order valence-corrected chi connectivity index (χ0v) is 19.0. The number of alkyl halides is 3. The molecule has 0 aliphatic heterocycles. The molecular weight excluding hydrogens is 476 g/mol. The van der Waals surface area contributed by atoms with Gasteiger partial charge in [0, 0.05) is 18.1 Å². The van der Waals surface area contributed by atoms with Gasteiger partial charge in [-0.3, -0.25) is 10.1 Å². The Bertz CT molecular complexity index is 1410. The maximum atomic E-state index is 14.4.